The van der Waals surface area contributed by atoms with Crippen molar-refractivity contribution in [2.75, 3.05) is 7.11 Å². The van der Waals surface area contributed by atoms with Gasteiger partial charge in [-0.05, 0) is 28.1 Å². The summed E-state index contributed by atoms with van der Waals surface area (Å²) in [6, 6.07) is 4.27. The van der Waals surface area contributed by atoms with Crippen LogP contribution in [-0.2, 0) is 0 Å². The first-order valence-corrected chi connectivity index (χ1v) is 5.73. The van der Waals surface area contributed by atoms with Gasteiger partial charge in [-0.15, -0.1) is 0 Å². The number of rotatable bonds is 3. The van der Waals surface area contributed by atoms with Crippen LogP contribution in [0.4, 0.5) is 4.39 Å². The first-order valence-electron chi connectivity index (χ1n) is 4.94. The lowest BCUT2D eigenvalue weighted by molar-refractivity contribution is 0.404. The molecule has 0 saturated heterocycles. The molecular weight excluding hydrogens is 289 g/mol. The van der Waals surface area contributed by atoms with E-state index in [1.807, 2.05) is 0 Å². The molecule has 2 aromatic rings. The van der Waals surface area contributed by atoms with E-state index in [1.165, 1.54) is 13.2 Å². The Hall–Kier alpha value is -1.33. The molecule has 1 aromatic heterocycles. The van der Waals surface area contributed by atoms with E-state index in [4.69, 9.17) is 14.9 Å². The molecule has 0 aliphatic carbocycles. The molecule has 1 atom stereocenters. The van der Waals surface area contributed by atoms with E-state index in [9.17, 15) is 4.39 Å². The summed E-state index contributed by atoms with van der Waals surface area (Å²) in [5.41, 5.74) is 7.58. The Labute approximate surface area is 106 Å². The van der Waals surface area contributed by atoms with Crippen LogP contribution in [0.2, 0.25) is 0 Å². The number of benzene rings is 1. The molecule has 0 aliphatic heterocycles. The number of methoxy groups -OCH3 is 1. The molecule has 0 saturated carbocycles. The quantitative estimate of drug-likeness (QED) is 0.946. The van der Waals surface area contributed by atoms with Crippen LogP contribution in [0.15, 0.2) is 39.6 Å². The van der Waals surface area contributed by atoms with Crippen LogP contribution in [0.1, 0.15) is 17.2 Å². The van der Waals surface area contributed by atoms with Crippen molar-refractivity contribution in [3.05, 3.63) is 52.1 Å². The van der Waals surface area contributed by atoms with E-state index in [1.54, 1.807) is 24.7 Å². The number of furan rings is 1. The van der Waals surface area contributed by atoms with Gasteiger partial charge in [0.05, 0.1) is 30.2 Å². The summed E-state index contributed by atoms with van der Waals surface area (Å²) >= 11 is 3.13. The molecule has 2 rings (SSSR count). The average Bonchev–Trinajstić information content (AvgIpc) is 2.84. The molecule has 0 amide bonds. The van der Waals surface area contributed by atoms with Gasteiger partial charge in [-0.2, -0.15) is 0 Å². The summed E-state index contributed by atoms with van der Waals surface area (Å²) in [7, 11) is 1.48. The van der Waals surface area contributed by atoms with Gasteiger partial charge >= 0.3 is 0 Å². The molecule has 90 valence electrons. The second kappa shape index (κ2) is 4.89. The Balaban J connectivity index is 2.47. The normalized spacial score (nSPS) is 12.5. The zero-order chi connectivity index (χ0) is 12.4. The molecule has 5 heteroatoms. The van der Waals surface area contributed by atoms with Crippen LogP contribution >= 0.6 is 15.9 Å². The maximum atomic E-state index is 13.4. The van der Waals surface area contributed by atoms with Crippen molar-refractivity contribution >= 4 is 15.9 Å². The van der Waals surface area contributed by atoms with Gasteiger partial charge in [0, 0.05) is 17.2 Å². The third kappa shape index (κ3) is 2.35. The van der Waals surface area contributed by atoms with E-state index < -0.39 is 6.04 Å². The highest BCUT2D eigenvalue weighted by Gasteiger charge is 2.17. The van der Waals surface area contributed by atoms with E-state index in [0.29, 0.717) is 15.8 Å². The largest absolute Gasteiger partial charge is 0.496 e. The van der Waals surface area contributed by atoms with Gasteiger partial charge in [-0.1, -0.05) is 0 Å². The Morgan fingerprint density at radius 1 is 1.47 bits per heavy atom. The summed E-state index contributed by atoms with van der Waals surface area (Å²) in [4.78, 5) is 0. The van der Waals surface area contributed by atoms with Crippen molar-refractivity contribution in [1.29, 1.82) is 0 Å². The Bertz CT molecular complexity index is 513. The van der Waals surface area contributed by atoms with Crippen LogP contribution in [0.5, 0.6) is 5.75 Å². The summed E-state index contributed by atoms with van der Waals surface area (Å²) in [5.74, 6) is 0.0318. The van der Waals surface area contributed by atoms with Gasteiger partial charge in [0.1, 0.15) is 11.6 Å². The molecule has 3 nitrogen and oxygen atoms in total. The molecule has 1 aromatic carbocycles. The first kappa shape index (κ1) is 12.1. The zero-order valence-electron chi connectivity index (χ0n) is 9.11. The summed E-state index contributed by atoms with van der Waals surface area (Å²) in [6.07, 6.45) is 3.10. The van der Waals surface area contributed by atoms with Crippen LogP contribution in [0.3, 0.4) is 0 Å². The fraction of sp³-hybridized carbons (Fsp3) is 0.167. The second-order valence-electron chi connectivity index (χ2n) is 3.54. The Morgan fingerprint density at radius 2 is 2.24 bits per heavy atom. The third-order valence-corrected chi connectivity index (χ3v) is 3.12. The summed E-state index contributed by atoms with van der Waals surface area (Å²) in [6.45, 7) is 0. The lowest BCUT2D eigenvalue weighted by Gasteiger charge is -2.15. The van der Waals surface area contributed by atoms with Gasteiger partial charge < -0.3 is 14.9 Å². The summed E-state index contributed by atoms with van der Waals surface area (Å²) < 4.78 is 23.8. The number of hydrogen-bond donors (Lipinski definition) is 1. The Kier molecular flexibility index (Phi) is 3.49. The average molecular weight is 300 g/mol. The fourth-order valence-corrected chi connectivity index (χ4v) is 1.96. The standard InChI is InChI=1S/C12H11BrFNO2/c1-16-11-5-10(14)9(13)4-8(11)12(15)7-2-3-17-6-7/h2-6,12H,15H2,1H3. The monoisotopic (exact) mass is 299 g/mol. The maximum absolute atomic E-state index is 13.4. The minimum absolute atomic E-state index is 0.354. The van der Waals surface area contributed by atoms with E-state index in [-0.39, 0.29) is 5.82 Å². The van der Waals surface area contributed by atoms with Gasteiger partial charge in [-0.25, -0.2) is 4.39 Å². The van der Waals surface area contributed by atoms with Crippen molar-refractivity contribution in [3.8, 4) is 5.75 Å². The number of ether oxygens (including phenoxy) is 1. The fourth-order valence-electron chi connectivity index (χ4n) is 1.60. The number of halogens is 2. The zero-order valence-corrected chi connectivity index (χ0v) is 10.7. The second-order valence-corrected chi connectivity index (χ2v) is 4.40. The summed E-state index contributed by atoms with van der Waals surface area (Å²) in [5, 5.41) is 0. The lowest BCUT2D eigenvalue weighted by atomic mass is 10.0. The molecule has 17 heavy (non-hydrogen) atoms. The van der Waals surface area contributed by atoms with Crippen molar-refractivity contribution in [3.63, 3.8) is 0 Å². The van der Waals surface area contributed by atoms with Crippen LogP contribution in [-0.4, -0.2) is 7.11 Å². The predicted octanol–water partition coefficient (Wildman–Crippen LogP) is 3.24. The molecule has 0 spiro atoms. The van der Waals surface area contributed by atoms with Crippen LogP contribution in [0.25, 0.3) is 0 Å². The topological polar surface area (TPSA) is 48.4 Å². The van der Waals surface area contributed by atoms with Crippen LogP contribution < -0.4 is 10.5 Å². The van der Waals surface area contributed by atoms with Crippen LogP contribution in [0, 0.1) is 5.82 Å². The highest BCUT2D eigenvalue weighted by molar-refractivity contribution is 9.10. The van der Waals surface area contributed by atoms with Gasteiger partial charge in [0.15, 0.2) is 0 Å². The molecule has 0 bridgehead atoms. The van der Waals surface area contributed by atoms with E-state index in [2.05, 4.69) is 15.9 Å². The molecular formula is C12H11BrFNO2. The lowest BCUT2D eigenvalue weighted by Crippen LogP contribution is -2.12. The SMILES string of the molecule is COc1cc(F)c(Br)cc1C(N)c1ccoc1. The maximum Gasteiger partial charge on any atom is 0.141 e. The van der Waals surface area contributed by atoms with Crippen molar-refractivity contribution < 1.29 is 13.5 Å². The van der Waals surface area contributed by atoms with Gasteiger partial charge in [-0.3, -0.25) is 0 Å². The van der Waals surface area contributed by atoms with Gasteiger partial charge in [0.25, 0.3) is 0 Å². The number of hydrogen-bond acceptors (Lipinski definition) is 3. The smallest absolute Gasteiger partial charge is 0.141 e. The van der Waals surface area contributed by atoms with E-state index in [0.717, 1.165) is 5.56 Å². The van der Waals surface area contributed by atoms with Crippen molar-refractivity contribution in [2.24, 2.45) is 5.73 Å². The predicted molar refractivity (Wildman–Crippen MR) is 65.4 cm³/mol. The molecule has 0 fully saturated rings. The minimum Gasteiger partial charge on any atom is -0.496 e. The number of nitrogens with two attached hydrogens (primary N) is 1. The van der Waals surface area contributed by atoms with Crippen molar-refractivity contribution in [1.82, 2.24) is 0 Å². The van der Waals surface area contributed by atoms with Crippen molar-refractivity contribution in [2.45, 2.75) is 6.04 Å². The third-order valence-electron chi connectivity index (χ3n) is 2.51. The molecule has 0 radical (unpaired) electrons. The highest BCUT2D eigenvalue weighted by Crippen LogP contribution is 2.32. The molecule has 0 aliphatic rings. The minimum atomic E-state index is -0.416. The van der Waals surface area contributed by atoms with E-state index >= 15 is 0 Å². The molecule has 2 N–H and O–H groups in total. The molecule has 1 heterocycles. The first-order chi connectivity index (χ1) is 8.13. The molecule has 1 unspecified atom stereocenters. The van der Waals surface area contributed by atoms with Gasteiger partial charge in [0.2, 0.25) is 0 Å². The highest BCUT2D eigenvalue weighted by atomic mass is 79.9. The Morgan fingerprint density at radius 3 is 2.82 bits per heavy atom.